The number of phenolic OH excluding ortho intramolecular Hbond substituents is 2. The number of hydrogen-bond donors (Lipinski definition) is 5. The van der Waals surface area contributed by atoms with Crippen LogP contribution < -0.4 is 4.90 Å². The number of benzene rings is 1. The van der Waals surface area contributed by atoms with Crippen molar-refractivity contribution >= 4 is 29.3 Å². The molecule has 2 aliphatic heterocycles. The second-order valence-corrected chi connectivity index (χ2v) is 6.35. The Bertz CT molecular complexity index is 963. The summed E-state index contributed by atoms with van der Waals surface area (Å²) in [5, 5.41) is 47.1. The molecule has 2 atom stereocenters. The highest BCUT2D eigenvalue weighted by Crippen LogP contribution is 2.40. The van der Waals surface area contributed by atoms with Gasteiger partial charge in [-0.3, -0.25) is 4.99 Å². The van der Waals surface area contributed by atoms with Crippen molar-refractivity contribution in [2.75, 3.05) is 4.90 Å². The summed E-state index contributed by atoms with van der Waals surface area (Å²) in [6.45, 7) is 0. The van der Waals surface area contributed by atoms with Crippen LogP contribution in [-0.2, 0) is 20.8 Å². The predicted molar refractivity (Wildman–Crippen MR) is 95.7 cm³/mol. The van der Waals surface area contributed by atoms with Crippen molar-refractivity contribution in [1.82, 2.24) is 0 Å². The fourth-order valence-corrected chi connectivity index (χ4v) is 3.14. The number of anilines is 1. The lowest BCUT2D eigenvalue weighted by Gasteiger charge is -2.21. The Hall–Kier alpha value is -3.82. The average Bonchev–Trinajstić information content (AvgIpc) is 2.97. The zero-order valence-electron chi connectivity index (χ0n) is 14.3. The van der Waals surface area contributed by atoms with Crippen LogP contribution in [0.3, 0.4) is 0 Å². The molecule has 0 aliphatic carbocycles. The van der Waals surface area contributed by atoms with Crippen molar-refractivity contribution in [3.05, 3.63) is 41.6 Å². The van der Waals surface area contributed by atoms with Gasteiger partial charge in [0.2, 0.25) is 0 Å². The number of aliphatic imine (C=N–C) groups is 1. The first-order valence-electron chi connectivity index (χ1n) is 8.16. The summed E-state index contributed by atoms with van der Waals surface area (Å²) in [6, 6.07) is 0.263. The molecular weight excluding hydrogens is 372 g/mol. The standard InChI is InChI=1S/C18H16N2O8/c21-14-6-9-5-13(18(27)28)20(12(9)7-15(14)22)2-1-8-3-10(16(23)24)19-11(4-8)17(25)26/h1-3,6-7,11,13,21-22H,4-5H2,(H,23,24)(H,25,26)(H,27,28)/t11-,13-/m0/s1. The van der Waals surface area contributed by atoms with E-state index in [4.69, 9.17) is 10.2 Å². The van der Waals surface area contributed by atoms with Crippen molar-refractivity contribution in [3.8, 4) is 11.5 Å². The van der Waals surface area contributed by atoms with Crippen molar-refractivity contribution in [3.63, 3.8) is 0 Å². The molecule has 1 aromatic rings. The number of aliphatic carboxylic acids is 3. The molecule has 10 heteroatoms. The van der Waals surface area contributed by atoms with Crippen LogP contribution in [0.15, 0.2) is 41.1 Å². The molecule has 0 fully saturated rings. The summed E-state index contributed by atoms with van der Waals surface area (Å²) in [7, 11) is 0. The van der Waals surface area contributed by atoms with Gasteiger partial charge in [0.1, 0.15) is 11.8 Å². The van der Waals surface area contributed by atoms with Crippen LogP contribution in [0, 0.1) is 0 Å². The van der Waals surface area contributed by atoms with Gasteiger partial charge in [-0.1, -0.05) is 0 Å². The molecule has 0 unspecified atom stereocenters. The Balaban J connectivity index is 1.95. The van der Waals surface area contributed by atoms with E-state index in [2.05, 4.69) is 4.99 Å². The topological polar surface area (TPSA) is 168 Å². The van der Waals surface area contributed by atoms with E-state index in [1.807, 2.05) is 0 Å². The first-order valence-corrected chi connectivity index (χ1v) is 8.16. The third-order valence-corrected chi connectivity index (χ3v) is 4.49. The number of fused-ring (bicyclic) bond motifs is 1. The van der Waals surface area contributed by atoms with E-state index in [1.165, 1.54) is 35.4 Å². The largest absolute Gasteiger partial charge is 0.504 e. The zero-order valence-corrected chi connectivity index (χ0v) is 14.3. The van der Waals surface area contributed by atoms with Crippen molar-refractivity contribution in [2.24, 2.45) is 4.99 Å². The summed E-state index contributed by atoms with van der Waals surface area (Å²) < 4.78 is 0. The van der Waals surface area contributed by atoms with E-state index < -0.39 is 41.5 Å². The Labute approximate surface area is 158 Å². The van der Waals surface area contributed by atoms with Crippen LogP contribution in [0.2, 0.25) is 0 Å². The van der Waals surface area contributed by atoms with E-state index >= 15 is 0 Å². The Kier molecular flexibility index (Phi) is 4.78. The molecule has 1 aromatic carbocycles. The van der Waals surface area contributed by atoms with Gasteiger partial charge < -0.3 is 30.4 Å². The van der Waals surface area contributed by atoms with Crippen molar-refractivity contribution in [1.29, 1.82) is 0 Å². The molecule has 3 rings (SSSR count). The molecule has 2 heterocycles. The SMILES string of the molecule is O=C(O)C1=N[C@H](C(=O)O)CC(C=CN2c3cc(O)c(O)cc3C[C@H]2C(=O)O)=C1. The second kappa shape index (κ2) is 7.06. The van der Waals surface area contributed by atoms with Gasteiger partial charge in [-0.2, -0.15) is 0 Å². The van der Waals surface area contributed by atoms with Crippen molar-refractivity contribution < 1.29 is 39.9 Å². The van der Waals surface area contributed by atoms with Crippen molar-refractivity contribution in [2.45, 2.75) is 24.9 Å². The van der Waals surface area contributed by atoms with Gasteiger partial charge in [-0.05, 0) is 29.4 Å². The van der Waals surface area contributed by atoms with Crippen LogP contribution >= 0.6 is 0 Å². The third kappa shape index (κ3) is 3.52. The Morgan fingerprint density at radius 3 is 2.32 bits per heavy atom. The van der Waals surface area contributed by atoms with E-state index in [1.54, 1.807) is 0 Å². The normalized spacial score (nSPS) is 21.2. The maximum Gasteiger partial charge on any atom is 0.354 e. The molecule has 0 aromatic heterocycles. The summed E-state index contributed by atoms with van der Waals surface area (Å²) >= 11 is 0. The monoisotopic (exact) mass is 388 g/mol. The molecule has 2 aliphatic rings. The number of nitrogens with zero attached hydrogens (tertiary/aromatic N) is 2. The molecule has 0 bridgehead atoms. The maximum atomic E-state index is 11.6. The van der Waals surface area contributed by atoms with Crippen LogP contribution in [0.4, 0.5) is 5.69 Å². The number of allylic oxidation sites excluding steroid dienone is 1. The van der Waals surface area contributed by atoms with Gasteiger partial charge in [0.05, 0.1) is 0 Å². The molecule has 0 radical (unpaired) electrons. The van der Waals surface area contributed by atoms with E-state index in [9.17, 15) is 29.7 Å². The fraction of sp³-hybridized carbons (Fsp3) is 0.222. The van der Waals surface area contributed by atoms with Gasteiger partial charge in [0, 0.05) is 30.8 Å². The summed E-state index contributed by atoms with van der Waals surface area (Å²) in [4.78, 5) is 39.0. The van der Waals surface area contributed by atoms with Gasteiger partial charge in [0.25, 0.3) is 0 Å². The molecule has 28 heavy (non-hydrogen) atoms. The molecule has 0 saturated carbocycles. The Morgan fingerprint density at radius 2 is 1.71 bits per heavy atom. The van der Waals surface area contributed by atoms with Gasteiger partial charge in [0.15, 0.2) is 17.5 Å². The first kappa shape index (κ1) is 19.0. The number of carboxylic acids is 3. The van der Waals surface area contributed by atoms with Gasteiger partial charge in [-0.15, -0.1) is 0 Å². The molecular formula is C18H16N2O8. The third-order valence-electron chi connectivity index (χ3n) is 4.49. The molecule has 5 N–H and O–H groups in total. The maximum absolute atomic E-state index is 11.6. The minimum atomic E-state index is -1.37. The highest BCUT2D eigenvalue weighted by molar-refractivity contribution is 6.41. The zero-order chi connectivity index (χ0) is 20.6. The highest BCUT2D eigenvalue weighted by Gasteiger charge is 2.34. The van der Waals surface area contributed by atoms with E-state index in [-0.39, 0.29) is 18.6 Å². The molecule has 0 saturated heterocycles. The fourth-order valence-electron chi connectivity index (χ4n) is 3.14. The number of rotatable bonds is 5. The van der Waals surface area contributed by atoms with Crippen LogP contribution in [-0.4, -0.2) is 61.2 Å². The predicted octanol–water partition coefficient (Wildman–Crippen LogP) is 0.736. The van der Waals surface area contributed by atoms with Crippen LogP contribution in [0.25, 0.3) is 0 Å². The highest BCUT2D eigenvalue weighted by atomic mass is 16.4. The van der Waals surface area contributed by atoms with Gasteiger partial charge in [-0.25, -0.2) is 14.4 Å². The lowest BCUT2D eigenvalue weighted by molar-refractivity contribution is -0.139. The summed E-state index contributed by atoms with van der Waals surface area (Å²) in [6.07, 6.45) is 4.06. The Morgan fingerprint density at radius 1 is 1.04 bits per heavy atom. The number of phenols is 2. The molecule has 0 amide bonds. The second-order valence-electron chi connectivity index (χ2n) is 6.35. The minimum Gasteiger partial charge on any atom is -0.504 e. The number of carbonyl (C=O) groups is 3. The number of carboxylic acid groups (broad SMARTS) is 3. The number of hydrogen-bond acceptors (Lipinski definition) is 7. The lowest BCUT2D eigenvalue weighted by Crippen LogP contribution is -2.34. The smallest absolute Gasteiger partial charge is 0.354 e. The number of dihydropyridines is 1. The van der Waals surface area contributed by atoms with Crippen LogP contribution in [0.1, 0.15) is 12.0 Å². The number of aromatic hydroxyl groups is 2. The van der Waals surface area contributed by atoms with E-state index in [0.29, 0.717) is 16.8 Å². The minimum absolute atomic E-state index is 0.0537. The first-order chi connectivity index (χ1) is 13.2. The molecule has 10 nitrogen and oxygen atoms in total. The quantitative estimate of drug-likeness (QED) is 0.457. The summed E-state index contributed by atoms with van der Waals surface area (Å²) in [5.74, 6) is -4.55. The molecule has 0 spiro atoms. The van der Waals surface area contributed by atoms with Crippen LogP contribution in [0.5, 0.6) is 11.5 Å². The summed E-state index contributed by atoms with van der Waals surface area (Å²) in [5.41, 5.74) is 0.830. The van der Waals surface area contributed by atoms with E-state index in [0.717, 1.165) is 0 Å². The average molecular weight is 388 g/mol. The van der Waals surface area contributed by atoms with Gasteiger partial charge >= 0.3 is 17.9 Å². The molecule has 146 valence electrons. The lowest BCUT2D eigenvalue weighted by atomic mass is 10.0.